The van der Waals surface area contributed by atoms with Crippen LogP contribution in [0.3, 0.4) is 0 Å². The lowest BCUT2D eigenvalue weighted by atomic mass is 10.5. The van der Waals surface area contributed by atoms with Crippen molar-refractivity contribution in [1.82, 2.24) is 0 Å². The molecule has 0 bridgehead atoms. The number of hydrogen-bond acceptors (Lipinski definition) is 2. The molecule has 0 radical (unpaired) electrons. The van der Waals surface area contributed by atoms with Gasteiger partial charge < -0.3 is 0 Å². The van der Waals surface area contributed by atoms with Gasteiger partial charge in [0.15, 0.2) is 5.78 Å². The first-order valence-electron chi connectivity index (χ1n) is 2.95. The SMILES string of the molecule is CC(=O)[C@H]1SCC[S+]1C. The van der Waals surface area contributed by atoms with Gasteiger partial charge in [-0.25, -0.2) is 0 Å². The first-order chi connectivity index (χ1) is 4.22. The summed E-state index contributed by atoms with van der Waals surface area (Å²) in [6.07, 6.45) is 2.19. The molecule has 1 unspecified atom stereocenters. The molecule has 0 spiro atoms. The van der Waals surface area contributed by atoms with Gasteiger partial charge in [0, 0.05) is 23.6 Å². The second-order valence-electron chi connectivity index (χ2n) is 2.21. The predicted molar refractivity (Wildman–Crippen MR) is 45.1 cm³/mol. The molecule has 1 fully saturated rings. The second kappa shape index (κ2) is 2.97. The molecular formula is C6H11OS2+. The van der Waals surface area contributed by atoms with Crippen molar-refractivity contribution in [3.8, 4) is 0 Å². The summed E-state index contributed by atoms with van der Waals surface area (Å²) in [5.41, 5.74) is 0. The Kier molecular flexibility index (Phi) is 2.47. The number of hydrogen-bond donors (Lipinski definition) is 0. The normalized spacial score (nSPS) is 34.9. The molecule has 1 nitrogen and oxygen atoms in total. The standard InChI is InChI=1S/C6H11OS2/c1-5(7)6-8-3-4-9(6)2/h6H,3-4H2,1-2H3/q+1/t6-,9?/m0/s1. The molecular weight excluding hydrogens is 152 g/mol. The Morgan fingerprint density at radius 2 is 2.44 bits per heavy atom. The van der Waals surface area contributed by atoms with Crippen molar-refractivity contribution in [3.63, 3.8) is 0 Å². The summed E-state index contributed by atoms with van der Waals surface area (Å²) in [7, 11) is 0.373. The molecule has 0 aliphatic carbocycles. The van der Waals surface area contributed by atoms with Crippen molar-refractivity contribution in [3.05, 3.63) is 0 Å². The monoisotopic (exact) mass is 163 g/mol. The maximum atomic E-state index is 10.8. The third-order valence-corrected chi connectivity index (χ3v) is 6.01. The highest BCUT2D eigenvalue weighted by Crippen LogP contribution is 2.26. The van der Waals surface area contributed by atoms with Crippen LogP contribution < -0.4 is 0 Å². The van der Waals surface area contributed by atoms with Crippen LogP contribution >= 0.6 is 11.8 Å². The van der Waals surface area contributed by atoms with Crippen LogP contribution in [0.15, 0.2) is 0 Å². The Balaban J connectivity index is 2.49. The van der Waals surface area contributed by atoms with Crippen LogP contribution in [0, 0.1) is 0 Å². The maximum absolute atomic E-state index is 10.8. The van der Waals surface area contributed by atoms with E-state index in [-0.39, 0.29) is 0 Å². The van der Waals surface area contributed by atoms with Crippen molar-refractivity contribution in [2.45, 2.75) is 11.5 Å². The van der Waals surface area contributed by atoms with Crippen molar-refractivity contribution >= 4 is 28.4 Å². The summed E-state index contributed by atoms with van der Waals surface area (Å²) in [6.45, 7) is 1.70. The number of carbonyl (C=O) groups is 1. The van der Waals surface area contributed by atoms with E-state index in [4.69, 9.17) is 0 Å². The molecule has 9 heavy (non-hydrogen) atoms. The average Bonchev–Trinajstić information content (AvgIpc) is 2.13. The lowest BCUT2D eigenvalue weighted by Crippen LogP contribution is -2.20. The van der Waals surface area contributed by atoms with Crippen molar-refractivity contribution in [2.24, 2.45) is 0 Å². The fraction of sp³-hybridized carbons (Fsp3) is 0.833. The van der Waals surface area contributed by atoms with E-state index in [1.165, 1.54) is 11.5 Å². The molecule has 1 saturated heterocycles. The van der Waals surface area contributed by atoms with E-state index in [1.54, 1.807) is 6.92 Å². The number of thioether (sulfide) groups is 1. The van der Waals surface area contributed by atoms with Crippen molar-refractivity contribution in [2.75, 3.05) is 17.8 Å². The van der Waals surface area contributed by atoms with Crippen LogP contribution in [-0.4, -0.2) is 28.1 Å². The molecule has 0 aromatic rings. The van der Waals surface area contributed by atoms with Crippen LogP contribution in [0.5, 0.6) is 0 Å². The highest BCUT2D eigenvalue weighted by Gasteiger charge is 2.36. The largest absolute Gasteiger partial charge is 0.293 e. The number of ketones is 1. The fourth-order valence-corrected chi connectivity index (χ4v) is 5.08. The van der Waals surface area contributed by atoms with E-state index in [9.17, 15) is 4.79 Å². The van der Waals surface area contributed by atoms with Crippen LogP contribution in [-0.2, 0) is 15.7 Å². The summed E-state index contributed by atoms with van der Waals surface area (Å²) in [5, 5.41) is 0. The van der Waals surface area contributed by atoms with Crippen LogP contribution in [0.4, 0.5) is 0 Å². The van der Waals surface area contributed by atoms with Crippen LogP contribution in [0.1, 0.15) is 6.92 Å². The lowest BCUT2D eigenvalue weighted by molar-refractivity contribution is -0.115. The molecule has 1 heterocycles. The first kappa shape index (κ1) is 7.48. The predicted octanol–water partition coefficient (Wildman–Crippen LogP) is 0.896. The quantitative estimate of drug-likeness (QED) is 0.534. The number of rotatable bonds is 1. The highest BCUT2D eigenvalue weighted by molar-refractivity contribution is 8.19. The van der Waals surface area contributed by atoms with Gasteiger partial charge in [0.2, 0.25) is 4.58 Å². The average molecular weight is 163 g/mol. The van der Waals surface area contributed by atoms with E-state index in [0.717, 1.165) is 0 Å². The van der Waals surface area contributed by atoms with Gasteiger partial charge in [0.05, 0.1) is 6.26 Å². The minimum atomic E-state index is 0.338. The molecule has 2 atom stereocenters. The zero-order valence-corrected chi connectivity index (χ0v) is 7.35. The third-order valence-electron chi connectivity index (χ3n) is 1.37. The van der Waals surface area contributed by atoms with E-state index < -0.39 is 0 Å². The Hall–Kier alpha value is 0.370. The van der Waals surface area contributed by atoms with Crippen molar-refractivity contribution in [1.29, 1.82) is 0 Å². The zero-order valence-electron chi connectivity index (χ0n) is 5.72. The van der Waals surface area contributed by atoms with Gasteiger partial charge in [0.25, 0.3) is 0 Å². The summed E-state index contributed by atoms with van der Waals surface area (Å²) >= 11 is 1.82. The topological polar surface area (TPSA) is 17.1 Å². The van der Waals surface area contributed by atoms with Crippen LogP contribution in [0.2, 0.25) is 0 Å². The lowest BCUT2D eigenvalue weighted by Gasteiger charge is -1.99. The smallest absolute Gasteiger partial charge is 0.221 e. The van der Waals surface area contributed by atoms with Crippen LogP contribution in [0.25, 0.3) is 0 Å². The molecule has 52 valence electrons. The Morgan fingerprint density at radius 3 is 2.67 bits per heavy atom. The summed E-state index contributed by atoms with van der Waals surface area (Å²) in [5.74, 6) is 2.79. The molecule has 3 heteroatoms. The van der Waals surface area contributed by atoms with Gasteiger partial charge in [-0.2, -0.15) is 0 Å². The number of carbonyl (C=O) groups excluding carboxylic acids is 1. The van der Waals surface area contributed by atoms with E-state index in [0.29, 0.717) is 21.3 Å². The second-order valence-corrected chi connectivity index (χ2v) is 5.98. The van der Waals surface area contributed by atoms with Gasteiger partial charge in [-0.3, -0.25) is 4.79 Å². The first-order valence-corrected chi connectivity index (χ1v) is 5.86. The van der Waals surface area contributed by atoms with E-state index in [2.05, 4.69) is 6.26 Å². The minimum Gasteiger partial charge on any atom is -0.293 e. The molecule has 0 saturated carbocycles. The molecule has 1 aliphatic rings. The van der Waals surface area contributed by atoms with Crippen molar-refractivity contribution < 1.29 is 4.79 Å². The fourth-order valence-electron chi connectivity index (χ4n) is 0.910. The molecule has 1 aliphatic heterocycles. The maximum Gasteiger partial charge on any atom is 0.221 e. The molecule has 1 rings (SSSR count). The van der Waals surface area contributed by atoms with Gasteiger partial charge in [-0.05, 0) is 0 Å². The van der Waals surface area contributed by atoms with E-state index >= 15 is 0 Å². The summed E-state index contributed by atoms with van der Waals surface area (Å²) in [4.78, 5) is 10.8. The molecule has 0 aromatic carbocycles. The van der Waals surface area contributed by atoms with Gasteiger partial charge in [-0.1, -0.05) is 11.8 Å². The van der Waals surface area contributed by atoms with E-state index in [1.807, 2.05) is 11.8 Å². The molecule has 0 N–H and O–H groups in total. The van der Waals surface area contributed by atoms with Gasteiger partial charge in [0.1, 0.15) is 5.75 Å². The Labute approximate surface area is 62.9 Å². The molecule has 0 aromatic heterocycles. The number of Topliss-reactive ketones (excluding diaryl/α,β-unsaturated/α-hetero) is 1. The summed E-state index contributed by atoms with van der Waals surface area (Å²) in [6, 6.07) is 0. The summed E-state index contributed by atoms with van der Waals surface area (Å²) < 4.78 is 0.338. The zero-order chi connectivity index (χ0) is 6.85. The van der Waals surface area contributed by atoms with Gasteiger partial charge >= 0.3 is 0 Å². The Bertz CT molecular complexity index is 124. The highest BCUT2D eigenvalue weighted by atomic mass is 32.2. The van der Waals surface area contributed by atoms with Gasteiger partial charge in [-0.15, -0.1) is 0 Å². The molecule has 0 amide bonds. The Morgan fingerprint density at radius 1 is 1.78 bits per heavy atom. The minimum absolute atomic E-state index is 0.338. The third kappa shape index (κ3) is 1.64.